The molecule has 0 aliphatic carbocycles. The Balaban J connectivity index is 3.33. The van der Waals surface area contributed by atoms with Crippen LogP contribution in [0.15, 0.2) is 24.3 Å². The molecule has 0 aliphatic rings. The molecule has 0 spiro atoms. The Morgan fingerprint density at radius 2 is 0.635 bits per heavy atom. The second-order valence-electron chi connectivity index (χ2n) is 23.1. The zero-order valence-electron chi connectivity index (χ0n) is 50.1. The molecule has 0 heterocycles. The van der Waals surface area contributed by atoms with Crippen molar-refractivity contribution in [3.63, 3.8) is 0 Å². The number of amides is 1. The SMILES string of the molecule is CCCCCCCCC/C=C\CCCCCCCCCC(=O)OCCCCCCCCCCCCCC/C=C\CCCCCCCCCCCCCCCC(=O)NC(CO)C(O)CCCCCCCCCCCC. The van der Waals surface area contributed by atoms with Crippen LogP contribution in [0.2, 0.25) is 0 Å². The van der Waals surface area contributed by atoms with Crippen LogP contribution in [0.3, 0.4) is 0 Å². The lowest BCUT2D eigenvalue weighted by Crippen LogP contribution is -2.45. The number of rotatable bonds is 63. The van der Waals surface area contributed by atoms with E-state index in [9.17, 15) is 19.8 Å². The number of unbranched alkanes of at least 4 members (excludes halogenated alkanes) is 48. The van der Waals surface area contributed by atoms with E-state index in [1.807, 2.05) is 0 Å². The highest BCUT2D eigenvalue weighted by Gasteiger charge is 2.20. The fraction of sp³-hybridized carbons (Fsp3) is 0.912. The van der Waals surface area contributed by atoms with Crippen LogP contribution in [0.4, 0.5) is 0 Å². The van der Waals surface area contributed by atoms with E-state index in [0.717, 1.165) is 44.9 Å². The number of nitrogens with one attached hydrogen (secondary N) is 1. The summed E-state index contributed by atoms with van der Waals surface area (Å²) in [6.07, 6.45) is 79.4. The first-order valence-electron chi connectivity index (χ1n) is 33.6. The summed E-state index contributed by atoms with van der Waals surface area (Å²) in [7, 11) is 0. The van der Waals surface area contributed by atoms with Crippen molar-refractivity contribution in [2.75, 3.05) is 13.2 Å². The lowest BCUT2D eigenvalue weighted by Gasteiger charge is -2.22. The molecule has 0 aromatic heterocycles. The lowest BCUT2D eigenvalue weighted by atomic mass is 10.0. The van der Waals surface area contributed by atoms with E-state index in [0.29, 0.717) is 25.9 Å². The van der Waals surface area contributed by atoms with Gasteiger partial charge in [-0.1, -0.05) is 308 Å². The van der Waals surface area contributed by atoms with E-state index in [-0.39, 0.29) is 18.5 Å². The van der Waals surface area contributed by atoms with Crippen molar-refractivity contribution in [2.24, 2.45) is 0 Å². The first-order chi connectivity index (χ1) is 36.5. The fourth-order valence-corrected chi connectivity index (χ4v) is 10.6. The predicted molar refractivity (Wildman–Crippen MR) is 324 cm³/mol. The molecule has 0 radical (unpaired) electrons. The number of hydrogen-bond donors (Lipinski definition) is 3. The van der Waals surface area contributed by atoms with Crippen LogP contribution in [0.25, 0.3) is 0 Å². The average Bonchev–Trinajstić information content (AvgIpc) is 3.40. The van der Waals surface area contributed by atoms with Gasteiger partial charge in [0.2, 0.25) is 5.91 Å². The largest absolute Gasteiger partial charge is 0.466 e. The summed E-state index contributed by atoms with van der Waals surface area (Å²) in [5.74, 6) is -0.0204. The van der Waals surface area contributed by atoms with E-state index in [1.54, 1.807) is 0 Å². The van der Waals surface area contributed by atoms with Crippen molar-refractivity contribution in [3.05, 3.63) is 24.3 Å². The van der Waals surface area contributed by atoms with Crippen molar-refractivity contribution in [1.29, 1.82) is 0 Å². The smallest absolute Gasteiger partial charge is 0.305 e. The van der Waals surface area contributed by atoms with Gasteiger partial charge in [0, 0.05) is 12.8 Å². The summed E-state index contributed by atoms with van der Waals surface area (Å²) in [4.78, 5) is 24.5. The molecule has 2 unspecified atom stereocenters. The van der Waals surface area contributed by atoms with Crippen LogP contribution in [0, 0.1) is 0 Å². The normalized spacial score (nSPS) is 12.6. The molecule has 2 atom stereocenters. The molecule has 0 fully saturated rings. The Bertz CT molecular complexity index is 1150. The monoisotopic (exact) mass is 1040 g/mol. The Kier molecular flexibility index (Phi) is 62.4. The van der Waals surface area contributed by atoms with Gasteiger partial charge in [-0.05, 0) is 77.0 Å². The molecule has 74 heavy (non-hydrogen) atoms. The van der Waals surface area contributed by atoms with E-state index >= 15 is 0 Å². The molecule has 6 heteroatoms. The average molecular weight is 1040 g/mol. The summed E-state index contributed by atoms with van der Waals surface area (Å²) < 4.78 is 5.50. The molecule has 0 aliphatic heterocycles. The number of aliphatic hydroxyl groups is 2. The Morgan fingerprint density at radius 3 is 0.959 bits per heavy atom. The van der Waals surface area contributed by atoms with Crippen molar-refractivity contribution in [2.45, 2.75) is 386 Å². The molecule has 0 aromatic rings. The third kappa shape index (κ3) is 59.6. The standard InChI is InChI=1S/C68H131NO5/c1-3-5-7-9-11-13-15-16-17-18-33-36-39-42-46-50-54-58-62-68(73)74-63-59-55-51-47-43-40-37-34-31-29-27-25-23-21-19-20-22-24-26-28-30-32-35-38-41-45-49-53-57-61-67(72)69-65(64-70)66(71)60-56-52-48-44-14-12-10-8-6-4-2/h17-19,21,65-66,70-71H,3-16,20,22-64H2,1-2H3,(H,69,72)/b18-17-,21-19-. The second kappa shape index (κ2) is 63.9. The zero-order valence-corrected chi connectivity index (χ0v) is 50.1. The summed E-state index contributed by atoms with van der Waals surface area (Å²) in [6, 6.07) is -0.539. The Morgan fingerprint density at radius 1 is 0.365 bits per heavy atom. The predicted octanol–water partition coefficient (Wildman–Crippen LogP) is 21.4. The van der Waals surface area contributed by atoms with Gasteiger partial charge in [-0.3, -0.25) is 9.59 Å². The Hall–Kier alpha value is -1.66. The molecule has 0 aromatic carbocycles. The minimum atomic E-state index is -0.661. The highest BCUT2D eigenvalue weighted by Crippen LogP contribution is 2.18. The van der Waals surface area contributed by atoms with Gasteiger partial charge in [-0.15, -0.1) is 0 Å². The summed E-state index contributed by atoms with van der Waals surface area (Å²) >= 11 is 0. The highest BCUT2D eigenvalue weighted by atomic mass is 16.5. The summed E-state index contributed by atoms with van der Waals surface area (Å²) in [5, 5.41) is 23.2. The number of carbonyl (C=O) groups excluding carboxylic acids is 2. The first kappa shape index (κ1) is 72.3. The molecule has 6 nitrogen and oxygen atoms in total. The van der Waals surface area contributed by atoms with Crippen LogP contribution >= 0.6 is 0 Å². The summed E-state index contributed by atoms with van der Waals surface area (Å²) in [6.45, 7) is 4.96. The third-order valence-electron chi connectivity index (χ3n) is 15.7. The van der Waals surface area contributed by atoms with Crippen molar-refractivity contribution in [3.8, 4) is 0 Å². The molecule has 0 rings (SSSR count). The van der Waals surface area contributed by atoms with E-state index in [2.05, 4.69) is 43.5 Å². The second-order valence-corrected chi connectivity index (χ2v) is 23.1. The number of ether oxygens (including phenoxy) is 1. The van der Waals surface area contributed by atoms with E-state index in [1.165, 1.54) is 295 Å². The van der Waals surface area contributed by atoms with Crippen LogP contribution in [-0.2, 0) is 14.3 Å². The van der Waals surface area contributed by atoms with Gasteiger partial charge < -0.3 is 20.3 Å². The zero-order chi connectivity index (χ0) is 53.6. The van der Waals surface area contributed by atoms with Crippen molar-refractivity contribution >= 4 is 11.9 Å². The quantitative estimate of drug-likeness (QED) is 0.0320. The van der Waals surface area contributed by atoms with Gasteiger partial charge in [-0.2, -0.15) is 0 Å². The van der Waals surface area contributed by atoms with E-state index < -0.39 is 12.1 Å². The van der Waals surface area contributed by atoms with Crippen LogP contribution in [0.5, 0.6) is 0 Å². The number of esters is 1. The van der Waals surface area contributed by atoms with Crippen LogP contribution in [-0.4, -0.2) is 47.4 Å². The van der Waals surface area contributed by atoms with Gasteiger partial charge in [0.05, 0.1) is 25.4 Å². The third-order valence-corrected chi connectivity index (χ3v) is 15.7. The molecule has 1 amide bonds. The number of aliphatic hydroxyl groups excluding tert-OH is 2. The number of allylic oxidation sites excluding steroid dienone is 4. The van der Waals surface area contributed by atoms with Crippen molar-refractivity contribution in [1.82, 2.24) is 5.32 Å². The van der Waals surface area contributed by atoms with Gasteiger partial charge in [-0.25, -0.2) is 0 Å². The molecule has 0 saturated heterocycles. The fourth-order valence-electron chi connectivity index (χ4n) is 10.6. The maximum absolute atomic E-state index is 12.4. The number of hydrogen-bond acceptors (Lipinski definition) is 5. The van der Waals surface area contributed by atoms with Gasteiger partial charge >= 0.3 is 5.97 Å². The maximum atomic E-state index is 12.4. The minimum absolute atomic E-state index is 0.0140. The Labute approximate surface area is 462 Å². The van der Waals surface area contributed by atoms with Crippen LogP contribution < -0.4 is 5.32 Å². The van der Waals surface area contributed by atoms with Gasteiger partial charge in [0.1, 0.15) is 0 Å². The number of carbonyl (C=O) groups is 2. The summed E-state index contributed by atoms with van der Waals surface area (Å²) in [5.41, 5.74) is 0. The lowest BCUT2D eigenvalue weighted by molar-refractivity contribution is -0.143. The topological polar surface area (TPSA) is 95.9 Å². The van der Waals surface area contributed by atoms with Gasteiger partial charge in [0.15, 0.2) is 0 Å². The minimum Gasteiger partial charge on any atom is -0.466 e. The van der Waals surface area contributed by atoms with Crippen LogP contribution in [0.1, 0.15) is 373 Å². The molecule has 0 saturated carbocycles. The molecule has 438 valence electrons. The molecular weight excluding hydrogens is 911 g/mol. The van der Waals surface area contributed by atoms with E-state index in [4.69, 9.17) is 4.74 Å². The highest BCUT2D eigenvalue weighted by molar-refractivity contribution is 5.76. The molecular formula is C68H131NO5. The van der Waals surface area contributed by atoms with Crippen molar-refractivity contribution < 1.29 is 24.5 Å². The first-order valence-corrected chi connectivity index (χ1v) is 33.6. The molecule has 3 N–H and O–H groups in total. The van der Waals surface area contributed by atoms with Gasteiger partial charge in [0.25, 0.3) is 0 Å². The maximum Gasteiger partial charge on any atom is 0.305 e. The molecule has 0 bridgehead atoms.